The minimum Gasteiger partial charge on any atom is -0.349 e. The molecular formula is C10H16N4O. The SMILES string of the molecule is CC1CN(c2ncc[nH]c2=O)CCN1C. The van der Waals surface area contributed by atoms with Gasteiger partial charge in [-0.1, -0.05) is 0 Å². The number of anilines is 1. The van der Waals surface area contributed by atoms with Crippen molar-refractivity contribution in [3.63, 3.8) is 0 Å². The first-order valence-electron chi connectivity index (χ1n) is 5.17. The summed E-state index contributed by atoms with van der Waals surface area (Å²) in [5.74, 6) is 0.539. The molecule has 15 heavy (non-hydrogen) atoms. The van der Waals surface area contributed by atoms with Crippen LogP contribution in [0.4, 0.5) is 5.82 Å². The lowest BCUT2D eigenvalue weighted by molar-refractivity contribution is 0.233. The molecule has 1 atom stereocenters. The Morgan fingerprint density at radius 1 is 1.53 bits per heavy atom. The molecule has 5 heteroatoms. The highest BCUT2D eigenvalue weighted by Gasteiger charge is 2.22. The molecule has 5 nitrogen and oxygen atoms in total. The number of likely N-dealkylation sites (N-methyl/N-ethyl adjacent to an activating group) is 1. The van der Waals surface area contributed by atoms with Crippen molar-refractivity contribution in [1.29, 1.82) is 0 Å². The normalized spacial score (nSPS) is 23.1. The van der Waals surface area contributed by atoms with Gasteiger partial charge in [0.25, 0.3) is 5.56 Å². The van der Waals surface area contributed by atoms with Gasteiger partial charge in [-0.2, -0.15) is 0 Å². The highest BCUT2D eigenvalue weighted by atomic mass is 16.1. The Morgan fingerprint density at radius 3 is 3.00 bits per heavy atom. The molecule has 0 aromatic carbocycles. The molecule has 0 saturated carbocycles. The molecule has 1 saturated heterocycles. The number of rotatable bonds is 1. The predicted octanol–water partition coefficient (Wildman–Crippen LogP) is -0.0898. The minimum atomic E-state index is -0.103. The van der Waals surface area contributed by atoms with Crippen LogP contribution in [0.25, 0.3) is 0 Å². The van der Waals surface area contributed by atoms with E-state index >= 15 is 0 Å². The molecule has 0 spiro atoms. The van der Waals surface area contributed by atoms with Gasteiger partial charge in [0.1, 0.15) is 0 Å². The van der Waals surface area contributed by atoms with E-state index in [1.54, 1.807) is 12.4 Å². The quantitative estimate of drug-likeness (QED) is 0.701. The van der Waals surface area contributed by atoms with Crippen molar-refractivity contribution in [3.8, 4) is 0 Å². The Bertz CT molecular complexity index is 389. The molecule has 0 bridgehead atoms. The van der Waals surface area contributed by atoms with E-state index in [9.17, 15) is 4.79 Å². The molecule has 1 fully saturated rings. The van der Waals surface area contributed by atoms with E-state index in [-0.39, 0.29) is 5.56 Å². The third-order valence-electron chi connectivity index (χ3n) is 2.95. The maximum atomic E-state index is 11.5. The zero-order valence-corrected chi connectivity index (χ0v) is 9.10. The van der Waals surface area contributed by atoms with Crippen LogP contribution in [0, 0.1) is 0 Å². The second-order valence-corrected chi connectivity index (χ2v) is 4.02. The summed E-state index contributed by atoms with van der Waals surface area (Å²) in [5, 5.41) is 0. The van der Waals surface area contributed by atoms with Gasteiger partial charge in [-0.25, -0.2) is 4.98 Å². The summed E-state index contributed by atoms with van der Waals surface area (Å²) in [7, 11) is 2.10. The van der Waals surface area contributed by atoms with Crippen LogP contribution in [0.2, 0.25) is 0 Å². The first kappa shape index (κ1) is 10.2. The average Bonchev–Trinajstić information content (AvgIpc) is 2.23. The van der Waals surface area contributed by atoms with E-state index in [2.05, 4.69) is 28.8 Å². The van der Waals surface area contributed by atoms with Gasteiger partial charge in [0.15, 0.2) is 5.82 Å². The Kier molecular flexibility index (Phi) is 2.73. The zero-order chi connectivity index (χ0) is 10.8. The van der Waals surface area contributed by atoms with E-state index in [0.29, 0.717) is 11.9 Å². The third-order valence-corrected chi connectivity index (χ3v) is 2.95. The molecule has 0 radical (unpaired) electrons. The van der Waals surface area contributed by atoms with E-state index in [1.165, 1.54) is 0 Å². The van der Waals surface area contributed by atoms with Crippen molar-refractivity contribution in [2.45, 2.75) is 13.0 Å². The van der Waals surface area contributed by atoms with Gasteiger partial charge in [-0.3, -0.25) is 4.79 Å². The zero-order valence-electron chi connectivity index (χ0n) is 9.10. The highest BCUT2D eigenvalue weighted by molar-refractivity contribution is 5.36. The molecule has 1 aromatic rings. The summed E-state index contributed by atoms with van der Waals surface area (Å²) < 4.78 is 0. The number of nitrogens with one attached hydrogen (secondary N) is 1. The number of nitrogens with zero attached hydrogens (tertiary/aromatic N) is 3. The number of H-pyrrole nitrogens is 1. The van der Waals surface area contributed by atoms with E-state index in [0.717, 1.165) is 19.6 Å². The summed E-state index contributed by atoms with van der Waals surface area (Å²) in [6.07, 6.45) is 3.19. The lowest BCUT2D eigenvalue weighted by Crippen LogP contribution is -2.51. The van der Waals surface area contributed by atoms with Crippen molar-refractivity contribution < 1.29 is 0 Å². The maximum Gasteiger partial charge on any atom is 0.290 e. The van der Waals surface area contributed by atoms with E-state index < -0.39 is 0 Å². The second kappa shape index (κ2) is 4.02. The standard InChI is InChI=1S/C10H16N4O/c1-8-7-14(6-5-13(8)2)9-10(15)12-4-3-11-9/h3-4,8H,5-7H2,1-2H3,(H,12,15). The van der Waals surface area contributed by atoms with Crippen molar-refractivity contribution in [2.75, 3.05) is 31.6 Å². The van der Waals surface area contributed by atoms with E-state index in [1.807, 2.05) is 4.90 Å². The van der Waals surface area contributed by atoms with Crippen molar-refractivity contribution in [3.05, 3.63) is 22.7 Å². The van der Waals surface area contributed by atoms with Crippen LogP contribution in [0.15, 0.2) is 17.2 Å². The van der Waals surface area contributed by atoms with Crippen molar-refractivity contribution in [1.82, 2.24) is 14.9 Å². The molecule has 1 unspecified atom stereocenters. The van der Waals surface area contributed by atoms with Crippen molar-refractivity contribution >= 4 is 5.82 Å². The molecule has 1 aromatic heterocycles. The first-order chi connectivity index (χ1) is 7.18. The van der Waals surface area contributed by atoms with Gasteiger partial charge >= 0.3 is 0 Å². The average molecular weight is 208 g/mol. The summed E-state index contributed by atoms with van der Waals surface area (Å²) in [4.78, 5) is 22.6. The molecule has 2 heterocycles. The van der Waals surface area contributed by atoms with Crippen LogP contribution in [-0.4, -0.2) is 47.6 Å². The topological polar surface area (TPSA) is 52.2 Å². The Labute approximate surface area is 88.7 Å². The van der Waals surface area contributed by atoms with Crippen LogP contribution in [0.1, 0.15) is 6.92 Å². The predicted molar refractivity (Wildman–Crippen MR) is 59.2 cm³/mol. The largest absolute Gasteiger partial charge is 0.349 e. The summed E-state index contributed by atoms with van der Waals surface area (Å²) in [5.41, 5.74) is -0.103. The Balaban J connectivity index is 2.19. The van der Waals surface area contributed by atoms with Crippen LogP contribution in [0.5, 0.6) is 0 Å². The first-order valence-corrected chi connectivity index (χ1v) is 5.17. The van der Waals surface area contributed by atoms with Gasteiger partial charge in [-0.05, 0) is 14.0 Å². The van der Waals surface area contributed by atoms with Gasteiger partial charge in [0.2, 0.25) is 0 Å². The van der Waals surface area contributed by atoms with Crippen LogP contribution in [0.3, 0.4) is 0 Å². The number of hydrogen-bond donors (Lipinski definition) is 1. The number of aromatic nitrogens is 2. The summed E-state index contributed by atoms with van der Waals surface area (Å²) in [6, 6.07) is 0.458. The fourth-order valence-electron chi connectivity index (χ4n) is 1.81. The molecule has 1 N–H and O–H groups in total. The van der Waals surface area contributed by atoms with Crippen molar-refractivity contribution in [2.24, 2.45) is 0 Å². The second-order valence-electron chi connectivity index (χ2n) is 4.02. The molecule has 82 valence electrons. The molecule has 1 aliphatic heterocycles. The van der Waals surface area contributed by atoms with Gasteiger partial charge in [0, 0.05) is 38.1 Å². The van der Waals surface area contributed by atoms with Crippen LogP contribution in [-0.2, 0) is 0 Å². The minimum absolute atomic E-state index is 0.103. The number of aromatic amines is 1. The summed E-state index contributed by atoms with van der Waals surface area (Å²) in [6.45, 7) is 4.85. The van der Waals surface area contributed by atoms with Gasteiger partial charge in [-0.15, -0.1) is 0 Å². The maximum absolute atomic E-state index is 11.5. The molecule has 0 amide bonds. The molecular weight excluding hydrogens is 192 g/mol. The van der Waals surface area contributed by atoms with E-state index in [4.69, 9.17) is 0 Å². The number of hydrogen-bond acceptors (Lipinski definition) is 4. The monoisotopic (exact) mass is 208 g/mol. The Morgan fingerprint density at radius 2 is 2.33 bits per heavy atom. The molecule has 0 aliphatic carbocycles. The van der Waals surface area contributed by atoms with Crippen LogP contribution < -0.4 is 10.5 Å². The number of piperazine rings is 1. The fraction of sp³-hybridized carbons (Fsp3) is 0.600. The molecule has 2 rings (SSSR count). The smallest absolute Gasteiger partial charge is 0.290 e. The highest BCUT2D eigenvalue weighted by Crippen LogP contribution is 2.11. The van der Waals surface area contributed by atoms with Gasteiger partial charge in [0.05, 0.1) is 0 Å². The third kappa shape index (κ3) is 2.02. The Hall–Kier alpha value is -1.36. The summed E-state index contributed by atoms with van der Waals surface area (Å²) >= 11 is 0. The molecule has 1 aliphatic rings. The lowest BCUT2D eigenvalue weighted by atomic mass is 10.2. The van der Waals surface area contributed by atoms with Gasteiger partial charge < -0.3 is 14.8 Å². The lowest BCUT2D eigenvalue weighted by Gasteiger charge is -2.37. The fourth-order valence-corrected chi connectivity index (χ4v) is 1.81. The van der Waals surface area contributed by atoms with Crippen LogP contribution >= 0.6 is 0 Å².